The maximum Gasteiger partial charge on any atom is 0.246 e. The molecule has 2 aliphatic carbocycles. The van der Waals surface area contributed by atoms with Crippen LogP contribution in [0.25, 0.3) is 0 Å². The second-order valence-corrected chi connectivity index (χ2v) is 10.6. The summed E-state index contributed by atoms with van der Waals surface area (Å²) in [5.41, 5.74) is 1.52. The molecule has 0 unspecified atom stereocenters. The van der Waals surface area contributed by atoms with Gasteiger partial charge in [0.05, 0.1) is 12.0 Å². The Morgan fingerprint density at radius 3 is 2.44 bits per heavy atom. The average molecular weight is 435 g/mol. The van der Waals surface area contributed by atoms with Gasteiger partial charge in [-0.15, -0.1) is 0 Å². The molecule has 2 saturated heterocycles. The monoisotopic (exact) mass is 434 g/mol. The number of nitrogens with zero attached hydrogens (tertiary/aromatic N) is 1. The van der Waals surface area contributed by atoms with E-state index in [1.165, 1.54) is 24.8 Å². The Bertz CT molecular complexity index is 929. The lowest BCUT2D eigenvalue weighted by Gasteiger charge is -2.38. The molecule has 5 atom stereocenters. The maximum absolute atomic E-state index is 14.1. The van der Waals surface area contributed by atoms with E-state index in [4.69, 9.17) is 4.74 Å². The highest BCUT2D eigenvalue weighted by atomic mass is 16.5. The van der Waals surface area contributed by atoms with Crippen molar-refractivity contribution in [2.24, 2.45) is 5.92 Å². The first-order valence-corrected chi connectivity index (χ1v) is 12.6. The van der Waals surface area contributed by atoms with Gasteiger partial charge in [0.25, 0.3) is 0 Å². The highest BCUT2D eigenvalue weighted by Gasteiger charge is 2.72. The van der Waals surface area contributed by atoms with Gasteiger partial charge in [-0.3, -0.25) is 9.59 Å². The molecule has 0 aromatic heterocycles. The van der Waals surface area contributed by atoms with Crippen molar-refractivity contribution in [3.05, 3.63) is 47.5 Å². The maximum atomic E-state index is 14.1. The van der Waals surface area contributed by atoms with Crippen molar-refractivity contribution in [2.45, 2.75) is 100 Å². The van der Waals surface area contributed by atoms with Crippen LogP contribution >= 0.6 is 0 Å². The number of amides is 2. The van der Waals surface area contributed by atoms with Crippen LogP contribution in [0.4, 0.5) is 0 Å². The van der Waals surface area contributed by atoms with Crippen LogP contribution in [0.15, 0.2) is 36.4 Å². The van der Waals surface area contributed by atoms with Crippen LogP contribution in [-0.4, -0.2) is 46.5 Å². The summed E-state index contributed by atoms with van der Waals surface area (Å²) in [5.74, 6) is -0.223. The van der Waals surface area contributed by atoms with Crippen molar-refractivity contribution in [3.8, 4) is 0 Å². The van der Waals surface area contributed by atoms with Gasteiger partial charge in [0.15, 0.2) is 0 Å². The van der Waals surface area contributed by atoms with E-state index in [1.54, 1.807) is 0 Å². The molecule has 5 heteroatoms. The Morgan fingerprint density at radius 2 is 1.72 bits per heavy atom. The molecule has 2 bridgehead atoms. The largest absolute Gasteiger partial charge is 0.359 e. The molecule has 0 radical (unpaired) electrons. The Labute approximate surface area is 190 Å². The molecule has 3 heterocycles. The summed E-state index contributed by atoms with van der Waals surface area (Å²) < 4.78 is 6.64. The Kier molecular flexibility index (Phi) is 4.94. The van der Waals surface area contributed by atoms with Crippen molar-refractivity contribution in [1.82, 2.24) is 10.2 Å². The number of hydrogen-bond acceptors (Lipinski definition) is 3. The second kappa shape index (κ2) is 7.72. The van der Waals surface area contributed by atoms with E-state index in [1.807, 2.05) is 4.90 Å². The third-order valence-electron chi connectivity index (χ3n) is 8.69. The summed E-state index contributed by atoms with van der Waals surface area (Å²) >= 11 is 0. The fourth-order valence-electron chi connectivity index (χ4n) is 7.18. The van der Waals surface area contributed by atoms with Gasteiger partial charge in [-0.25, -0.2) is 0 Å². The SMILES string of the molecule is Cc1ccc([C@H]2[C@H]3C(=O)N(C4CCCCC4)[C@H](C(=O)NC4CCCC4)[C@]34C=C[C@H]2O4)cc1. The molecule has 32 heavy (non-hydrogen) atoms. The third-order valence-corrected chi connectivity index (χ3v) is 8.69. The molecule has 5 nitrogen and oxygen atoms in total. The lowest BCUT2D eigenvalue weighted by molar-refractivity contribution is -0.143. The van der Waals surface area contributed by atoms with Gasteiger partial charge >= 0.3 is 0 Å². The van der Waals surface area contributed by atoms with E-state index in [0.29, 0.717) is 0 Å². The first-order valence-electron chi connectivity index (χ1n) is 12.6. The van der Waals surface area contributed by atoms with E-state index in [-0.39, 0.29) is 41.8 Å². The van der Waals surface area contributed by atoms with Crippen molar-refractivity contribution >= 4 is 11.8 Å². The highest BCUT2D eigenvalue weighted by molar-refractivity contribution is 5.97. The molecule has 5 aliphatic rings. The fraction of sp³-hybridized carbons (Fsp3) is 0.630. The predicted molar refractivity (Wildman–Crippen MR) is 122 cm³/mol. The highest BCUT2D eigenvalue weighted by Crippen LogP contribution is 2.59. The number of rotatable bonds is 4. The minimum Gasteiger partial charge on any atom is -0.359 e. The van der Waals surface area contributed by atoms with Gasteiger partial charge in [-0.05, 0) is 38.2 Å². The van der Waals surface area contributed by atoms with E-state index >= 15 is 0 Å². The summed E-state index contributed by atoms with van der Waals surface area (Å²) in [6.45, 7) is 2.08. The first kappa shape index (κ1) is 20.5. The fourth-order valence-corrected chi connectivity index (χ4v) is 7.18. The smallest absolute Gasteiger partial charge is 0.246 e. The molecule has 1 N–H and O–H groups in total. The summed E-state index contributed by atoms with van der Waals surface area (Å²) in [6.07, 6.45) is 13.9. The zero-order valence-electron chi connectivity index (χ0n) is 19.0. The van der Waals surface area contributed by atoms with Crippen LogP contribution in [0.1, 0.15) is 74.8 Å². The molecular weight excluding hydrogens is 400 g/mol. The molecular formula is C27H34N2O3. The summed E-state index contributed by atoms with van der Waals surface area (Å²) in [6, 6.07) is 8.31. The molecule has 1 aromatic carbocycles. The van der Waals surface area contributed by atoms with E-state index in [2.05, 4.69) is 48.7 Å². The summed E-state index contributed by atoms with van der Waals surface area (Å²) in [7, 11) is 0. The number of fused-ring (bicyclic) bond motifs is 1. The number of hydrogen-bond donors (Lipinski definition) is 1. The minimum atomic E-state index is -0.836. The third kappa shape index (κ3) is 3.00. The molecule has 170 valence electrons. The van der Waals surface area contributed by atoms with Crippen LogP contribution in [0, 0.1) is 12.8 Å². The van der Waals surface area contributed by atoms with Gasteiger partial charge in [-0.1, -0.05) is 74.1 Å². The van der Waals surface area contributed by atoms with Crippen LogP contribution in [0.3, 0.4) is 0 Å². The number of nitrogens with one attached hydrogen (secondary N) is 1. The molecule has 1 aromatic rings. The second-order valence-electron chi connectivity index (χ2n) is 10.6. The van der Waals surface area contributed by atoms with Crippen LogP contribution < -0.4 is 5.32 Å². The Morgan fingerprint density at radius 1 is 1.03 bits per heavy atom. The van der Waals surface area contributed by atoms with Crippen molar-refractivity contribution in [1.29, 1.82) is 0 Å². The van der Waals surface area contributed by atoms with Gasteiger partial charge in [0.2, 0.25) is 11.8 Å². The summed E-state index contributed by atoms with van der Waals surface area (Å²) in [5, 5.41) is 3.32. The normalized spacial score (nSPS) is 36.8. The zero-order valence-corrected chi connectivity index (χ0v) is 19.0. The first-order chi connectivity index (χ1) is 15.6. The van der Waals surface area contributed by atoms with Gasteiger partial charge in [-0.2, -0.15) is 0 Å². The topological polar surface area (TPSA) is 58.6 Å². The standard InChI is InChI=1S/C27H34N2O3/c1-17-11-13-18(14-12-17)22-21-15-16-27(32-21)23(22)26(31)29(20-9-3-2-4-10-20)24(27)25(30)28-19-7-5-6-8-19/h11-16,19-24H,2-10H2,1H3,(H,28,30)/t21-,22-,23+,24-,27+/m1/s1. The lowest BCUT2D eigenvalue weighted by atomic mass is 9.72. The van der Waals surface area contributed by atoms with Crippen LogP contribution in [-0.2, 0) is 14.3 Å². The van der Waals surface area contributed by atoms with Gasteiger partial charge in [0, 0.05) is 18.0 Å². The number of benzene rings is 1. The van der Waals surface area contributed by atoms with Crippen molar-refractivity contribution < 1.29 is 14.3 Å². The molecule has 2 saturated carbocycles. The molecule has 4 fully saturated rings. The number of aryl methyl sites for hydroxylation is 1. The number of carbonyl (C=O) groups excluding carboxylic acids is 2. The minimum absolute atomic E-state index is 0.00632. The van der Waals surface area contributed by atoms with Gasteiger partial charge in [0.1, 0.15) is 11.6 Å². The van der Waals surface area contributed by atoms with E-state index in [9.17, 15) is 9.59 Å². The van der Waals surface area contributed by atoms with Crippen LogP contribution in [0.5, 0.6) is 0 Å². The molecule has 6 rings (SSSR count). The average Bonchev–Trinajstić information content (AvgIpc) is 3.57. The molecule has 2 amide bonds. The van der Waals surface area contributed by atoms with Crippen molar-refractivity contribution in [2.75, 3.05) is 0 Å². The predicted octanol–water partition coefficient (Wildman–Crippen LogP) is 4.00. The molecule has 1 spiro atoms. The van der Waals surface area contributed by atoms with Crippen LogP contribution in [0.2, 0.25) is 0 Å². The molecule has 3 aliphatic heterocycles. The lowest BCUT2D eigenvalue weighted by Crippen LogP contribution is -2.58. The Balaban J connectivity index is 1.39. The van der Waals surface area contributed by atoms with E-state index < -0.39 is 11.6 Å². The quantitative estimate of drug-likeness (QED) is 0.729. The number of likely N-dealkylation sites (tertiary alicyclic amines) is 1. The van der Waals surface area contributed by atoms with E-state index in [0.717, 1.165) is 44.1 Å². The number of carbonyl (C=O) groups is 2. The van der Waals surface area contributed by atoms with Crippen molar-refractivity contribution in [3.63, 3.8) is 0 Å². The number of ether oxygens (including phenoxy) is 1. The zero-order chi connectivity index (χ0) is 21.9. The summed E-state index contributed by atoms with van der Waals surface area (Å²) in [4.78, 5) is 29.9. The van der Waals surface area contributed by atoms with Gasteiger partial charge < -0.3 is 15.0 Å². The Hall–Kier alpha value is -2.14.